The third-order valence-corrected chi connectivity index (χ3v) is 3.37. The number of aryl methyl sites for hydroxylation is 1. The van der Waals surface area contributed by atoms with Gasteiger partial charge in [-0.25, -0.2) is 0 Å². The van der Waals surface area contributed by atoms with Gasteiger partial charge in [-0.05, 0) is 31.6 Å². The van der Waals surface area contributed by atoms with E-state index in [1.165, 1.54) is 0 Å². The number of nitrogens with one attached hydrogen (secondary N) is 1. The van der Waals surface area contributed by atoms with Crippen LogP contribution >= 0.6 is 0 Å². The number of rotatable bonds is 9. The zero-order chi connectivity index (χ0) is 14.8. The molecule has 0 saturated heterocycles. The Morgan fingerprint density at radius 2 is 1.90 bits per heavy atom. The van der Waals surface area contributed by atoms with Crippen molar-refractivity contribution in [2.75, 3.05) is 39.4 Å². The van der Waals surface area contributed by atoms with Crippen LogP contribution in [0.5, 0.6) is 0 Å². The third-order valence-electron chi connectivity index (χ3n) is 3.37. The molecule has 0 radical (unpaired) electrons. The minimum atomic E-state index is -0.0320. The standard InChI is InChI=1S/C16H26N2O2/c1-4-18(5-2)11-13-20-12-10-17-16(19)15-9-7-6-8-14(15)3/h6-9H,4-5,10-13H2,1-3H3,(H,17,19). The minimum absolute atomic E-state index is 0.0320. The highest BCUT2D eigenvalue weighted by molar-refractivity contribution is 5.95. The highest BCUT2D eigenvalue weighted by Gasteiger charge is 2.06. The van der Waals surface area contributed by atoms with Crippen LogP contribution in [0.4, 0.5) is 0 Å². The monoisotopic (exact) mass is 278 g/mol. The Kier molecular flexibility index (Phi) is 7.92. The van der Waals surface area contributed by atoms with Crippen molar-refractivity contribution >= 4 is 5.91 Å². The number of ether oxygens (including phenoxy) is 1. The van der Waals surface area contributed by atoms with E-state index in [0.717, 1.165) is 30.8 Å². The van der Waals surface area contributed by atoms with E-state index in [1.54, 1.807) is 0 Å². The van der Waals surface area contributed by atoms with Gasteiger partial charge in [0.05, 0.1) is 13.2 Å². The van der Waals surface area contributed by atoms with Gasteiger partial charge in [0.2, 0.25) is 0 Å². The largest absolute Gasteiger partial charge is 0.378 e. The van der Waals surface area contributed by atoms with Crippen LogP contribution in [0, 0.1) is 6.92 Å². The molecule has 20 heavy (non-hydrogen) atoms. The third kappa shape index (κ3) is 5.72. The first kappa shape index (κ1) is 16.7. The lowest BCUT2D eigenvalue weighted by Crippen LogP contribution is -2.30. The van der Waals surface area contributed by atoms with Gasteiger partial charge < -0.3 is 15.0 Å². The van der Waals surface area contributed by atoms with E-state index in [1.807, 2.05) is 31.2 Å². The van der Waals surface area contributed by atoms with Crippen molar-refractivity contribution in [1.82, 2.24) is 10.2 Å². The van der Waals surface area contributed by atoms with E-state index < -0.39 is 0 Å². The van der Waals surface area contributed by atoms with Crippen LogP contribution in [0.25, 0.3) is 0 Å². The van der Waals surface area contributed by atoms with Crippen LogP contribution in [-0.2, 0) is 4.74 Å². The number of carbonyl (C=O) groups excluding carboxylic acids is 1. The SMILES string of the molecule is CCN(CC)CCOCCNC(=O)c1ccccc1C. The Balaban J connectivity index is 2.16. The van der Waals surface area contributed by atoms with E-state index in [4.69, 9.17) is 4.74 Å². The molecule has 1 aromatic rings. The van der Waals surface area contributed by atoms with Crippen LogP contribution in [0.15, 0.2) is 24.3 Å². The maximum atomic E-state index is 11.9. The van der Waals surface area contributed by atoms with Crippen molar-refractivity contribution in [3.05, 3.63) is 35.4 Å². The second kappa shape index (κ2) is 9.50. The first-order chi connectivity index (χ1) is 9.69. The van der Waals surface area contributed by atoms with Gasteiger partial charge in [0.1, 0.15) is 0 Å². The summed E-state index contributed by atoms with van der Waals surface area (Å²) in [5.74, 6) is -0.0320. The number of likely N-dealkylation sites (N-methyl/N-ethyl adjacent to an activating group) is 1. The molecule has 0 aliphatic carbocycles. The Morgan fingerprint density at radius 1 is 1.20 bits per heavy atom. The fourth-order valence-electron chi connectivity index (χ4n) is 2.00. The van der Waals surface area contributed by atoms with E-state index in [9.17, 15) is 4.79 Å². The molecule has 4 heteroatoms. The van der Waals surface area contributed by atoms with E-state index in [2.05, 4.69) is 24.1 Å². The smallest absolute Gasteiger partial charge is 0.251 e. The van der Waals surface area contributed by atoms with E-state index in [-0.39, 0.29) is 5.91 Å². The normalized spacial score (nSPS) is 10.8. The average molecular weight is 278 g/mol. The summed E-state index contributed by atoms with van der Waals surface area (Å²) in [5.41, 5.74) is 1.73. The van der Waals surface area contributed by atoms with Crippen molar-refractivity contribution in [2.24, 2.45) is 0 Å². The second-order valence-corrected chi connectivity index (χ2v) is 4.71. The molecule has 0 bridgehead atoms. The highest BCUT2D eigenvalue weighted by atomic mass is 16.5. The summed E-state index contributed by atoms with van der Waals surface area (Å²) in [6.45, 7) is 11.1. The molecule has 1 aromatic carbocycles. The molecule has 0 aromatic heterocycles. The van der Waals surface area contributed by atoms with Gasteiger partial charge in [0, 0.05) is 18.7 Å². The summed E-state index contributed by atoms with van der Waals surface area (Å²) < 4.78 is 5.53. The minimum Gasteiger partial charge on any atom is -0.378 e. The molecule has 112 valence electrons. The molecule has 0 aliphatic rings. The summed E-state index contributed by atoms with van der Waals surface area (Å²) in [5, 5.41) is 2.88. The first-order valence-corrected chi connectivity index (χ1v) is 7.33. The Labute approximate surface area is 122 Å². The molecule has 0 unspecified atom stereocenters. The van der Waals surface area contributed by atoms with Gasteiger partial charge in [-0.15, -0.1) is 0 Å². The molecular formula is C16H26N2O2. The summed E-state index contributed by atoms with van der Waals surface area (Å²) in [7, 11) is 0. The molecule has 0 saturated carbocycles. The molecule has 1 rings (SSSR count). The number of benzene rings is 1. The Bertz CT molecular complexity index is 403. The van der Waals surface area contributed by atoms with Crippen LogP contribution in [0.2, 0.25) is 0 Å². The number of carbonyl (C=O) groups is 1. The van der Waals surface area contributed by atoms with Crippen LogP contribution in [0.3, 0.4) is 0 Å². The topological polar surface area (TPSA) is 41.6 Å². The van der Waals surface area contributed by atoms with E-state index in [0.29, 0.717) is 19.8 Å². The maximum absolute atomic E-state index is 11.9. The molecule has 1 N–H and O–H groups in total. The van der Waals surface area contributed by atoms with Gasteiger partial charge in [-0.1, -0.05) is 32.0 Å². The highest BCUT2D eigenvalue weighted by Crippen LogP contribution is 2.05. The van der Waals surface area contributed by atoms with Crippen molar-refractivity contribution in [3.8, 4) is 0 Å². The fourth-order valence-corrected chi connectivity index (χ4v) is 2.00. The molecule has 1 amide bonds. The lowest BCUT2D eigenvalue weighted by Gasteiger charge is -2.17. The van der Waals surface area contributed by atoms with Gasteiger partial charge in [0.25, 0.3) is 5.91 Å². The van der Waals surface area contributed by atoms with Gasteiger partial charge >= 0.3 is 0 Å². The number of hydrogen-bond donors (Lipinski definition) is 1. The van der Waals surface area contributed by atoms with Crippen molar-refractivity contribution in [3.63, 3.8) is 0 Å². The van der Waals surface area contributed by atoms with Crippen molar-refractivity contribution < 1.29 is 9.53 Å². The zero-order valence-electron chi connectivity index (χ0n) is 12.8. The summed E-state index contributed by atoms with van der Waals surface area (Å²) >= 11 is 0. The first-order valence-electron chi connectivity index (χ1n) is 7.33. The molecule has 0 fully saturated rings. The van der Waals surface area contributed by atoms with Gasteiger partial charge in [-0.2, -0.15) is 0 Å². The predicted molar refractivity (Wildman–Crippen MR) is 82.1 cm³/mol. The predicted octanol–water partition coefficient (Wildman–Crippen LogP) is 2.08. The Morgan fingerprint density at radius 3 is 2.55 bits per heavy atom. The molecule has 0 spiro atoms. The fraction of sp³-hybridized carbons (Fsp3) is 0.562. The van der Waals surface area contributed by atoms with Gasteiger partial charge in [0.15, 0.2) is 0 Å². The number of nitrogens with zero attached hydrogens (tertiary/aromatic N) is 1. The average Bonchev–Trinajstić information content (AvgIpc) is 2.47. The number of amides is 1. The van der Waals surface area contributed by atoms with Gasteiger partial charge in [-0.3, -0.25) is 4.79 Å². The number of hydrogen-bond acceptors (Lipinski definition) is 3. The maximum Gasteiger partial charge on any atom is 0.251 e. The molecule has 0 aliphatic heterocycles. The molecule has 0 heterocycles. The quantitative estimate of drug-likeness (QED) is 0.703. The van der Waals surface area contributed by atoms with Crippen LogP contribution in [0.1, 0.15) is 29.8 Å². The summed E-state index contributed by atoms with van der Waals surface area (Å²) in [6, 6.07) is 7.59. The molecule has 0 atom stereocenters. The molecule has 4 nitrogen and oxygen atoms in total. The summed E-state index contributed by atoms with van der Waals surface area (Å²) in [4.78, 5) is 14.2. The summed E-state index contributed by atoms with van der Waals surface area (Å²) in [6.07, 6.45) is 0. The van der Waals surface area contributed by atoms with E-state index >= 15 is 0 Å². The second-order valence-electron chi connectivity index (χ2n) is 4.71. The zero-order valence-corrected chi connectivity index (χ0v) is 12.8. The van der Waals surface area contributed by atoms with Crippen LogP contribution in [-0.4, -0.2) is 50.2 Å². The van der Waals surface area contributed by atoms with Crippen LogP contribution < -0.4 is 5.32 Å². The lowest BCUT2D eigenvalue weighted by atomic mass is 10.1. The Hall–Kier alpha value is -1.39. The van der Waals surface area contributed by atoms with Crippen molar-refractivity contribution in [1.29, 1.82) is 0 Å². The molecular weight excluding hydrogens is 252 g/mol. The lowest BCUT2D eigenvalue weighted by molar-refractivity contribution is 0.0884. The van der Waals surface area contributed by atoms with Crippen molar-refractivity contribution in [2.45, 2.75) is 20.8 Å².